The molecule has 2 bridgehead atoms. The van der Waals surface area contributed by atoms with Gasteiger partial charge in [0.2, 0.25) is 0 Å². The lowest BCUT2D eigenvalue weighted by molar-refractivity contribution is -0.945. The molecule has 0 saturated carbocycles. The number of piperidine rings is 3. The van der Waals surface area contributed by atoms with Gasteiger partial charge in [0.15, 0.2) is 6.10 Å². The van der Waals surface area contributed by atoms with Crippen LogP contribution in [0.3, 0.4) is 0 Å². The Kier molecular flexibility index (Phi) is 6.87. The van der Waals surface area contributed by atoms with E-state index in [1.807, 2.05) is 24.3 Å². The number of para-hydroxylation sites is 1. The summed E-state index contributed by atoms with van der Waals surface area (Å²) in [5.74, 6) is 0.203. The summed E-state index contributed by atoms with van der Waals surface area (Å²) in [7, 11) is 0. The molecule has 4 nitrogen and oxygen atoms in total. The van der Waals surface area contributed by atoms with E-state index >= 15 is 0 Å². The van der Waals surface area contributed by atoms with Gasteiger partial charge >= 0.3 is 6.09 Å². The molecule has 1 amide bonds. The minimum atomic E-state index is -0.382. The van der Waals surface area contributed by atoms with E-state index in [-0.39, 0.29) is 18.0 Å². The molecule has 3 aliphatic heterocycles. The standard InChI is InChI=1S/C30H33FN2O2/c1-22-6-2-3-7-24(22)14-17-33-18-15-25(16-19-33)29(21-33)35-30(34)32-28-9-5-4-8-26(28)20-23-10-12-27(31)13-11-23/h2-13,25,29H,14-21H2,1H3/p+1. The predicted octanol–water partition coefficient (Wildman–Crippen LogP) is 6.13. The second-order valence-corrected chi connectivity index (χ2v) is 10.2. The summed E-state index contributed by atoms with van der Waals surface area (Å²) in [5.41, 5.74) is 5.48. The molecule has 0 spiro atoms. The normalized spacial score (nSPS) is 23.1. The van der Waals surface area contributed by atoms with Gasteiger partial charge in [-0.3, -0.25) is 5.32 Å². The second-order valence-electron chi connectivity index (χ2n) is 10.2. The van der Waals surface area contributed by atoms with Crippen molar-refractivity contribution in [1.82, 2.24) is 0 Å². The molecular formula is C30H34FN2O2+. The fourth-order valence-corrected chi connectivity index (χ4v) is 5.81. The fourth-order valence-electron chi connectivity index (χ4n) is 5.81. The molecule has 3 saturated heterocycles. The average Bonchev–Trinajstić information content (AvgIpc) is 2.87. The highest BCUT2D eigenvalue weighted by molar-refractivity contribution is 5.85. The molecule has 0 aromatic heterocycles. The van der Waals surface area contributed by atoms with Crippen LogP contribution in [0.4, 0.5) is 14.9 Å². The van der Waals surface area contributed by atoms with Crippen molar-refractivity contribution in [3.63, 3.8) is 0 Å². The van der Waals surface area contributed by atoms with Gasteiger partial charge in [0, 0.05) is 30.9 Å². The van der Waals surface area contributed by atoms with E-state index < -0.39 is 0 Å². The van der Waals surface area contributed by atoms with Crippen LogP contribution in [-0.4, -0.2) is 42.9 Å². The quantitative estimate of drug-likeness (QED) is 0.420. The van der Waals surface area contributed by atoms with Gasteiger partial charge in [-0.15, -0.1) is 0 Å². The molecule has 3 aliphatic rings. The third-order valence-corrected chi connectivity index (χ3v) is 7.98. The van der Waals surface area contributed by atoms with Crippen LogP contribution in [-0.2, 0) is 17.6 Å². The van der Waals surface area contributed by atoms with Gasteiger partial charge in [0.05, 0.1) is 19.6 Å². The number of halogens is 1. The number of aryl methyl sites for hydroxylation is 1. The Morgan fingerprint density at radius 2 is 1.66 bits per heavy atom. The van der Waals surface area contributed by atoms with Crippen LogP contribution in [0.15, 0.2) is 72.8 Å². The Bertz CT molecular complexity index is 1170. The van der Waals surface area contributed by atoms with Crippen LogP contribution in [0.5, 0.6) is 0 Å². The van der Waals surface area contributed by atoms with Crippen LogP contribution in [0.1, 0.15) is 35.1 Å². The number of anilines is 1. The molecule has 3 aromatic carbocycles. The number of hydrogen-bond donors (Lipinski definition) is 1. The fraction of sp³-hybridized carbons (Fsp3) is 0.367. The molecule has 3 fully saturated rings. The van der Waals surface area contributed by atoms with Gasteiger partial charge < -0.3 is 9.22 Å². The van der Waals surface area contributed by atoms with Gasteiger partial charge in [-0.25, -0.2) is 9.18 Å². The maximum Gasteiger partial charge on any atom is 0.412 e. The number of nitrogens with one attached hydrogen (secondary N) is 1. The number of quaternary nitrogens is 1. The molecular weight excluding hydrogens is 439 g/mol. The van der Waals surface area contributed by atoms with Gasteiger partial charge in [0.1, 0.15) is 12.4 Å². The molecule has 182 valence electrons. The SMILES string of the molecule is Cc1ccccc1CC[N+]12CCC(CC1)C(OC(=O)Nc1ccccc1Cc1ccc(F)cc1)C2. The van der Waals surface area contributed by atoms with E-state index in [9.17, 15) is 9.18 Å². The first kappa shape index (κ1) is 23.6. The van der Waals surface area contributed by atoms with E-state index in [0.29, 0.717) is 12.3 Å². The van der Waals surface area contributed by atoms with E-state index in [2.05, 4.69) is 36.5 Å². The lowest BCUT2D eigenvalue weighted by atomic mass is 9.83. The number of hydrogen-bond acceptors (Lipinski definition) is 2. The summed E-state index contributed by atoms with van der Waals surface area (Å²) < 4.78 is 20.3. The monoisotopic (exact) mass is 473 g/mol. The lowest BCUT2D eigenvalue weighted by Gasteiger charge is -2.52. The van der Waals surface area contributed by atoms with Gasteiger partial charge in [-0.1, -0.05) is 54.6 Å². The van der Waals surface area contributed by atoms with Crippen LogP contribution >= 0.6 is 0 Å². The Morgan fingerprint density at radius 3 is 2.40 bits per heavy atom. The number of carbonyl (C=O) groups is 1. The van der Waals surface area contributed by atoms with Crippen molar-refractivity contribution in [3.05, 3.63) is 101 Å². The predicted molar refractivity (Wildman–Crippen MR) is 137 cm³/mol. The average molecular weight is 474 g/mol. The Hall–Kier alpha value is -3.18. The van der Waals surface area contributed by atoms with Crippen molar-refractivity contribution in [1.29, 1.82) is 0 Å². The van der Waals surface area contributed by atoms with E-state index in [1.54, 1.807) is 12.1 Å². The van der Waals surface area contributed by atoms with Gasteiger partial charge in [0.25, 0.3) is 0 Å². The highest BCUT2D eigenvalue weighted by atomic mass is 19.1. The largest absolute Gasteiger partial charge is 0.440 e. The third-order valence-electron chi connectivity index (χ3n) is 7.98. The molecule has 3 heterocycles. The molecule has 0 radical (unpaired) electrons. The zero-order valence-electron chi connectivity index (χ0n) is 20.4. The van der Waals surface area contributed by atoms with Gasteiger partial charge in [-0.2, -0.15) is 0 Å². The van der Waals surface area contributed by atoms with Crippen molar-refractivity contribution in [2.45, 2.75) is 38.7 Å². The van der Waals surface area contributed by atoms with E-state index in [0.717, 1.165) is 53.6 Å². The smallest absolute Gasteiger partial charge is 0.412 e. The van der Waals surface area contributed by atoms with Crippen molar-refractivity contribution in [2.75, 3.05) is 31.5 Å². The Morgan fingerprint density at radius 1 is 0.971 bits per heavy atom. The van der Waals surface area contributed by atoms with Crippen LogP contribution in [0, 0.1) is 18.7 Å². The molecule has 3 aromatic rings. The van der Waals surface area contributed by atoms with Crippen molar-refractivity contribution in [2.24, 2.45) is 5.92 Å². The summed E-state index contributed by atoms with van der Waals surface area (Å²) in [5, 5.41) is 2.98. The molecule has 0 aliphatic carbocycles. The van der Waals surface area contributed by atoms with Crippen molar-refractivity contribution < 1.29 is 18.4 Å². The zero-order valence-corrected chi connectivity index (χ0v) is 20.4. The molecule has 5 heteroatoms. The number of amides is 1. The van der Waals surface area contributed by atoms with Crippen LogP contribution in [0.2, 0.25) is 0 Å². The molecule has 1 atom stereocenters. The van der Waals surface area contributed by atoms with Crippen molar-refractivity contribution >= 4 is 11.8 Å². The van der Waals surface area contributed by atoms with Crippen LogP contribution < -0.4 is 5.32 Å². The summed E-state index contributed by atoms with van der Waals surface area (Å²) >= 11 is 0. The molecule has 1 unspecified atom stereocenters. The summed E-state index contributed by atoms with van der Waals surface area (Å²) in [4.78, 5) is 12.9. The second kappa shape index (κ2) is 10.2. The number of nitrogens with zero attached hydrogens (tertiary/aromatic N) is 1. The minimum Gasteiger partial charge on any atom is -0.440 e. The topological polar surface area (TPSA) is 38.3 Å². The first-order valence-corrected chi connectivity index (χ1v) is 12.7. The van der Waals surface area contributed by atoms with Gasteiger partial charge in [-0.05, 0) is 53.8 Å². The number of ether oxygens (including phenoxy) is 1. The molecule has 6 rings (SSSR count). The maximum absolute atomic E-state index is 13.3. The summed E-state index contributed by atoms with van der Waals surface area (Å²) in [6, 6.07) is 22.8. The summed E-state index contributed by atoms with van der Waals surface area (Å²) in [6.07, 6.45) is 3.49. The first-order valence-electron chi connectivity index (χ1n) is 12.7. The minimum absolute atomic E-state index is 0.0429. The van der Waals surface area contributed by atoms with Crippen LogP contribution in [0.25, 0.3) is 0 Å². The highest BCUT2D eigenvalue weighted by Crippen LogP contribution is 2.36. The zero-order chi connectivity index (χ0) is 24.3. The Balaban J connectivity index is 1.21. The number of benzene rings is 3. The number of fused-ring (bicyclic) bond motifs is 3. The summed E-state index contributed by atoms with van der Waals surface area (Å²) in [6.45, 7) is 6.54. The molecule has 1 N–H and O–H groups in total. The number of rotatable bonds is 7. The third kappa shape index (κ3) is 5.57. The van der Waals surface area contributed by atoms with E-state index in [1.165, 1.54) is 36.3 Å². The van der Waals surface area contributed by atoms with E-state index in [4.69, 9.17) is 4.74 Å². The highest BCUT2D eigenvalue weighted by Gasteiger charge is 2.47. The Labute approximate surface area is 207 Å². The first-order chi connectivity index (χ1) is 17.0. The number of carbonyl (C=O) groups excluding carboxylic acids is 1. The van der Waals surface area contributed by atoms with Crippen molar-refractivity contribution in [3.8, 4) is 0 Å². The molecule has 35 heavy (non-hydrogen) atoms. The lowest BCUT2D eigenvalue weighted by Crippen LogP contribution is -2.65. The maximum atomic E-state index is 13.3.